The molecule has 1 aromatic carbocycles. The number of ether oxygens (including phenoxy) is 1. The number of nitrogens with zero attached hydrogens (tertiary/aromatic N) is 2. The molecular formula is C19H24ClN3O5S. The van der Waals surface area contributed by atoms with Crippen molar-refractivity contribution in [3.05, 3.63) is 33.7 Å². The van der Waals surface area contributed by atoms with Crippen LogP contribution >= 0.6 is 11.6 Å². The van der Waals surface area contributed by atoms with Crippen LogP contribution in [-0.4, -0.2) is 80.1 Å². The summed E-state index contributed by atoms with van der Waals surface area (Å²) in [5.74, 6) is 0.240. The second kappa shape index (κ2) is 7.88. The van der Waals surface area contributed by atoms with Crippen LogP contribution in [0.25, 0.3) is 6.08 Å². The van der Waals surface area contributed by atoms with Crippen LogP contribution in [0.4, 0.5) is 0 Å². The molecule has 3 aliphatic rings. The van der Waals surface area contributed by atoms with E-state index in [1.54, 1.807) is 29.2 Å². The van der Waals surface area contributed by atoms with Crippen LogP contribution in [0.15, 0.2) is 23.1 Å². The summed E-state index contributed by atoms with van der Waals surface area (Å²) >= 11 is 5.94. The molecule has 158 valence electrons. The Morgan fingerprint density at radius 2 is 2.00 bits per heavy atom. The van der Waals surface area contributed by atoms with Gasteiger partial charge in [0.1, 0.15) is 12.4 Å². The Labute approximate surface area is 175 Å². The Morgan fingerprint density at radius 3 is 2.72 bits per heavy atom. The lowest BCUT2D eigenvalue weighted by atomic mass is 9.91. The fourth-order valence-corrected chi connectivity index (χ4v) is 5.48. The first-order valence-corrected chi connectivity index (χ1v) is 11.4. The van der Waals surface area contributed by atoms with Gasteiger partial charge in [-0.3, -0.25) is 4.79 Å². The Kier molecular flexibility index (Phi) is 5.60. The van der Waals surface area contributed by atoms with Crippen molar-refractivity contribution in [1.82, 2.24) is 14.5 Å². The molecule has 10 heteroatoms. The smallest absolute Gasteiger partial charge is 0.243 e. The molecule has 0 aliphatic carbocycles. The summed E-state index contributed by atoms with van der Waals surface area (Å²) < 4.78 is 32.8. The second-order valence-electron chi connectivity index (χ2n) is 7.71. The molecule has 29 heavy (non-hydrogen) atoms. The summed E-state index contributed by atoms with van der Waals surface area (Å²) in [5, 5.41) is 14.4. The molecule has 2 saturated heterocycles. The van der Waals surface area contributed by atoms with E-state index in [4.69, 9.17) is 16.3 Å². The van der Waals surface area contributed by atoms with Crippen molar-refractivity contribution < 1.29 is 23.1 Å². The predicted octanol–water partition coefficient (Wildman–Crippen LogP) is 0.662. The van der Waals surface area contributed by atoms with Gasteiger partial charge >= 0.3 is 0 Å². The van der Waals surface area contributed by atoms with E-state index < -0.39 is 15.6 Å². The highest BCUT2D eigenvalue weighted by Gasteiger charge is 2.39. The molecule has 1 amide bonds. The van der Waals surface area contributed by atoms with Crippen LogP contribution < -0.4 is 10.1 Å². The Bertz CT molecular complexity index is 943. The summed E-state index contributed by atoms with van der Waals surface area (Å²) in [7, 11) is -3.83. The molecule has 2 fully saturated rings. The summed E-state index contributed by atoms with van der Waals surface area (Å²) in [6.07, 6.45) is 2.72. The van der Waals surface area contributed by atoms with Gasteiger partial charge in [0.25, 0.3) is 0 Å². The molecule has 0 atom stereocenters. The highest BCUT2D eigenvalue weighted by Crippen LogP contribution is 2.32. The third kappa shape index (κ3) is 4.29. The molecule has 0 radical (unpaired) electrons. The van der Waals surface area contributed by atoms with E-state index >= 15 is 0 Å². The minimum Gasteiger partial charge on any atom is -0.487 e. The lowest BCUT2D eigenvalue weighted by Gasteiger charge is -2.40. The van der Waals surface area contributed by atoms with Crippen molar-refractivity contribution in [2.24, 2.45) is 0 Å². The first-order chi connectivity index (χ1) is 13.8. The van der Waals surface area contributed by atoms with Crippen molar-refractivity contribution in [2.75, 3.05) is 45.9 Å². The molecule has 0 aromatic heterocycles. The molecule has 0 bridgehead atoms. The fourth-order valence-electron chi connectivity index (χ4n) is 3.90. The summed E-state index contributed by atoms with van der Waals surface area (Å²) in [5.41, 5.74) is -0.274. The van der Waals surface area contributed by atoms with Crippen molar-refractivity contribution >= 4 is 33.6 Å². The zero-order chi connectivity index (χ0) is 20.6. The molecule has 0 spiro atoms. The number of nitrogens with one attached hydrogen (secondary N) is 1. The largest absolute Gasteiger partial charge is 0.487 e. The van der Waals surface area contributed by atoms with Gasteiger partial charge in [-0.15, -0.1) is 0 Å². The topological polar surface area (TPSA) is 99.2 Å². The van der Waals surface area contributed by atoms with Gasteiger partial charge in [0, 0.05) is 30.2 Å². The normalized spacial score (nSPS) is 22.6. The van der Waals surface area contributed by atoms with E-state index in [1.165, 1.54) is 4.31 Å². The number of sulfonamides is 1. The first-order valence-electron chi connectivity index (χ1n) is 9.61. The average Bonchev–Trinajstić information content (AvgIpc) is 2.69. The zero-order valence-corrected chi connectivity index (χ0v) is 17.5. The molecule has 3 aliphatic heterocycles. The first kappa shape index (κ1) is 20.6. The van der Waals surface area contributed by atoms with Crippen molar-refractivity contribution in [3.8, 4) is 5.75 Å². The summed E-state index contributed by atoms with van der Waals surface area (Å²) in [6, 6.07) is 5.02. The summed E-state index contributed by atoms with van der Waals surface area (Å²) in [6.45, 7) is 1.76. The molecule has 3 heterocycles. The molecule has 0 unspecified atom stereocenters. The van der Waals surface area contributed by atoms with E-state index in [9.17, 15) is 18.3 Å². The van der Waals surface area contributed by atoms with E-state index in [-0.39, 0.29) is 43.6 Å². The van der Waals surface area contributed by atoms with Crippen molar-refractivity contribution in [3.63, 3.8) is 0 Å². The number of hydrogen-bond acceptors (Lipinski definition) is 6. The number of hydrogen-bond donors (Lipinski definition) is 2. The maximum atomic E-state index is 13.0. The standard InChI is InChI=1S/C19H24ClN3O5S/c20-15-2-1-14-9-16(12-28-17(14)10-15)29(26,27)23-8-7-22(18(24)11-23)13-19(25)3-5-21-6-4-19/h1-2,9-10,21,25H,3-8,11-13H2. The third-order valence-electron chi connectivity index (χ3n) is 5.64. The molecule has 2 N–H and O–H groups in total. The van der Waals surface area contributed by atoms with Crippen LogP contribution in [0.1, 0.15) is 18.4 Å². The maximum Gasteiger partial charge on any atom is 0.243 e. The number of benzene rings is 1. The highest BCUT2D eigenvalue weighted by molar-refractivity contribution is 7.93. The third-order valence-corrected chi connectivity index (χ3v) is 7.76. The molecule has 1 aromatic rings. The van der Waals surface area contributed by atoms with Crippen LogP contribution in [0.2, 0.25) is 5.02 Å². The number of halogens is 1. The number of aliphatic hydroxyl groups is 1. The van der Waals surface area contributed by atoms with Gasteiger partial charge in [0.15, 0.2) is 0 Å². The second-order valence-corrected chi connectivity index (χ2v) is 10.1. The van der Waals surface area contributed by atoms with Gasteiger partial charge in [-0.05, 0) is 50.2 Å². The molecule has 0 saturated carbocycles. The van der Waals surface area contributed by atoms with Crippen LogP contribution in [0.5, 0.6) is 5.75 Å². The number of carbonyl (C=O) groups is 1. The molecule has 8 nitrogen and oxygen atoms in total. The zero-order valence-electron chi connectivity index (χ0n) is 15.9. The Balaban J connectivity index is 1.46. The number of piperidine rings is 1. The van der Waals surface area contributed by atoms with E-state index in [1.807, 2.05) is 0 Å². The highest BCUT2D eigenvalue weighted by atomic mass is 35.5. The van der Waals surface area contributed by atoms with Crippen LogP contribution in [0.3, 0.4) is 0 Å². The molecule has 4 rings (SSSR count). The molecular weight excluding hydrogens is 418 g/mol. The lowest BCUT2D eigenvalue weighted by molar-refractivity contribution is -0.139. The van der Waals surface area contributed by atoms with Gasteiger partial charge in [0.05, 0.1) is 17.1 Å². The minimum atomic E-state index is -3.83. The Morgan fingerprint density at radius 1 is 1.24 bits per heavy atom. The van der Waals surface area contributed by atoms with Gasteiger partial charge in [-0.25, -0.2) is 8.42 Å². The number of carbonyl (C=O) groups excluding carboxylic acids is 1. The fraction of sp³-hybridized carbons (Fsp3) is 0.526. The number of fused-ring (bicyclic) bond motifs is 1. The number of piperazine rings is 1. The number of amides is 1. The number of β-amino-alcohol motifs (C(OH)–C–C–N with tert-alkyl or cyclic N) is 1. The van der Waals surface area contributed by atoms with Crippen molar-refractivity contribution in [1.29, 1.82) is 0 Å². The number of rotatable bonds is 4. The minimum absolute atomic E-state index is 0.100. The van der Waals surface area contributed by atoms with Crippen LogP contribution in [0, 0.1) is 0 Å². The van der Waals surface area contributed by atoms with E-state index in [0.717, 1.165) is 0 Å². The average molecular weight is 442 g/mol. The van der Waals surface area contributed by atoms with Crippen molar-refractivity contribution in [2.45, 2.75) is 18.4 Å². The predicted molar refractivity (Wildman–Crippen MR) is 109 cm³/mol. The lowest BCUT2D eigenvalue weighted by Crippen LogP contribution is -2.58. The SMILES string of the molecule is O=C1CN(S(=O)(=O)C2=Cc3ccc(Cl)cc3OC2)CCN1CC1(O)CCNCC1. The Hall–Kier alpha value is -1.65. The van der Waals surface area contributed by atoms with Gasteiger partial charge < -0.3 is 20.1 Å². The van der Waals surface area contributed by atoms with Gasteiger partial charge in [-0.2, -0.15) is 4.31 Å². The quantitative estimate of drug-likeness (QED) is 0.712. The van der Waals surface area contributed by atoms with E-state index in [2.05, 4.69) is 5.32 Å². The maximum absolute atomic E-state index is 13.0. The monoisotopic (exact) mass is 441 g/mol. The summed E-state index contributed by atoms with van der Waals surface area (Å²) in [4.78, 5) is 14.3. The van der Waals surface area contributed by atoms with E-state index in [0.29, 0.717) is 42.3 Å². The van der Waals surface area contributed by atoms with Gasteiger partial charge in [0.2, 0.25) is 15.9 Å². The van der Waals surface area contributed by atoms with Gasteiger partial charge in [-0.1, -0.05) is 11.6 Å². The van der Waals surface area contributed by atoms with Crippen LogP contribution in [-0.2, 0) is 14.8 Å².